The monoisotopic (exact) mass is 324 g/mol. The Bertz CT molecular complexity index is 397. The summed E-state index contributed by atoms with van der Waals surface area (Å²) in [7, 11) is 0. The molecule has 0 radical (unpaired) electrons. The molecule has 0 bridgehead atoms. The maximum Gasteiger partial charge on any atom is 0.0468 e. The Morgan fingerprint density at radius 3 is 2.53 bits per heavy atom. The van der Waals surface area contributed by atoms with Crippen LogP contribution in [0.1, 0.15) is 18.0 Å². The fourth-order valence-electron chi connectivity index (χ4n) is 2.42. The van der Waals surface area contributed by atoms with E-state index in [4.69, 9.17) is 23.2 Å². The fraction of sp³-hybridized carbons (Fsp3) is 0.538. The number of nitrogens with zero attached hydrogens (tertiary/aromatic N) is 1. The van der Waals surface area contributed by atoms with Gasteiger partial charge in [-0.25, -0.2) is 0 Å². The van der Waals surface area contributed by atoms with E-state index in [1.807, 2.05) is 12.1 Å². The lowest BCUT2D eigenvalue weighted by Gasteiger charge is -2.35. The predicted molar refractivity (Wildman–Crippen MR) is 82.6 cm³/mol. The number of hydrogen-bond acceptors (Lipinski definition) is 3. The Labute approximate surface area is 130 Å². The number of piperazine rings is 1. The normalized spacial score (nSPS) is 17.8. The van der Waals surface area contributed by atoms with E-state index >= 15 is 0 Å². The van der Waals surface area contributed by atoms with Crippen LogP contribution >= 0.6 is 35.6 Å². The molecule has 0 aromatic heterocycles. The summed E-state index contributed by atoms with van der Waals surface area (Å²) in [6.07, 6.45) is 0.696. The first-order chi connectivity index (χ1) is 8.72. The van der Waals surface area contributed by atoms with Crippen LogP contribution in [-0.4, -0.2) is 42.8 Å². The van der Waals surface area contributed by atoms with Gasteiger partial charge in [-0.15, -0.1) is 12.4 Å². The maximum atomic E-state index is 9.26. The van der Waals surface area contributed by atoms with E-state index in [0.717, 1.165) is 31.7 Å². The first kappa shape index (κ1) is 17.0. The van der Waals surface area contributed by atoms with Crippen molar-refractivity contribution < 1.29 is 5.11 Å². The van der Waals surface area contributed by atoms with Gasteiger partial charge in [0.05, 0.1) is 0 Å². The molecule has 3 nitrogen and oxygen atoms in total. The van der Waals surface area contributed by atoms with E-state index in [-0.39, 0.29) is 25.1 Å². The second-order valence-corrected chi connectivity index (χ2v) is 5.32. The smallest absolute Gasteiger partial charge is 0.0468 e. The predicted octanol–water partition coefficient (Wildman–Crippen LogP) is 2.74. The lowest BCUT2D eigenvalue weighted by molar-refractivity contribution is 0.141. The Morgan fingerprint density at radius 1 is 1.26 bits per heavy atom. The van der Waals surface area contributed by atoms with Crippen molar-refractivity contribution >= 4 is 35.6 Å². The highest BCUT2D eigenvalue weighted by molar-refractivity contribution is 6.35. The van der Waals surface area contributed by atoms with Gasteiger partial charge in [-0.05, 0) is 24.1 Å². The van der Waals surface area contributed by atoms with Crippen LogP contribution < -0.4 is 5.32 Å². The van der Waals surface area contributed by atoms with Crippen LogP contribution in [0.25, 0.3) is 0 Å². The lowest BCUT2D eigenvalue weighted by atomic mass is 10.0. The Kier molecular flexibility index (Phi) is 7.44. The second kappa shape index (κ2) is 8.30. The summed E-state index contributed by atoms with van der Waals surface area (Å²) in [4.78, 5) is 2.36. The lowest BCUT2D eigenvalue weighted by Crippen LogP contribution is -2.45. The van der Waals surface area contributed by atoms with Gasteiger partial charge in [-0.2, -0.15) is 0 Å². The molecule has 1 aliphatic heterocycles. The highest BCUT2D eigenvalue weighted by atomic mass is 35.5. The Balaban J connectivity index is 0.00000180. The zero-order chi connectivity index (χ0) is 13.0. The molecule has 0 unspecified atom stereocenters. The largest absolute Gasteiger partial charge is 0.396 e. The molecule has 0 saturated carbocycles. The molecule has 19 heavy (non-hydrogen) atoms. The van der Waals surface area contributed by atoms with Crippen molar-refractivity contribution in [3.8, 4) is 0 Å². The van der Waals surface area contributed by atoms with Crippen LogP contribution in [0.4, 0.5) is 0 Å². The van der Waals surface area contributed by atoms with Gasteiger partial charge >= 0.3 is 0 Å². The van der Waals surface area contributed by atoms with Crippen LogP contribution in [0.5, 0.6) is 0 Å². The van der Waals surface area contributed by atoms with Crippen molar-refractivity contribution in [2.45, 2.75) is 12.5 Å². The van der Waals surface area contributed by atoms with Crippen LogP contribution in [-0.2, 0) is 0 Å². The molecular formula is C13H19Cl3N2O. The summed E-state index contributed by atoms with van der Waals surface area (Å²) < 4.78 is 0. The minimum Gasteiger partial charge on any atom is -0.396 e. The Morgan fingerprint density at radius 2 is 1.95 bits per heavy atom. The van der Waals surface area contributed by atoms with E-state index < -0.39 is 0 Å². The number of aliphatic hydroxyl groups excluding tert-OH is 1. The number of aliphatic hydroxyl groups is 1. The SMILES string of the molecule is Cl.OCC[C@H](c1ccc(Cl)cc1Cl)N1CCNCC1. The minimum absolute atomic E-state index is 0. The van der Waals surface area contributed by atoms with Crippen LogP contribution in [0.2, 0.25) is 10.0 Å². The topological polar surface area (TPSA) is 35.5 Å². The molecule has 1 fully saturated rings. The quantitative estimate of drug-likeness (QED) is 0.893. The summed E-state index contributed by atoms with van der Waals surface area (Å²) in [6.45, 7) is 4.07. The summed E-state index contributed by atoms with van der Waals surface area (Å²) in [5.41, 5.74) is 1.05. The van der Waals surface area contributed by atoms with Gasteiger partial charge in [-0.1, -0.05) is 29.3 Å². The first-order valence-corrected chi connectivity index (χ1v) is 6.98. The molecule has 0 aliphatic carbocycles. The summed E-state index contributed by atoms with van der Waals surface area (Å²) in [5.74, 6) is 0. The van der Waals surface area contributed by atoms with Crippen LogP contribution in [0.15, 0.2) is 18.2 Å². The average molecular weight is 326 g/mol. The molecular weight excluding hydrogens is 307 g/mol. The van der Waals surface area contributed by atoms with Gasteiger partial charge in [0.1, 0.15) is 0 Å². The molecule has 6 heteroatoms. The molecule has 1 heterocycles. The van der Waals surface area contributed by atoms with Gasteiger partial charge in [0.25, 0.3) is 0 Å². The summed E-state index contributed by atoms with van der Waals surface area (Å²) in [5, 5.41) is 13.9. The molecule has 2 N–H and O–H groups in total. The molecule has 1 aliphatic rings. The number of rotatable bonds is 4. The van der Waals surface area contributed by atoms with E-state index in [1.54, 1.807) is 6.07 Å². The van der Waals surface area contributed by atoms with Crippen molar-refractivity contribution in [1.29, 1.82) is 0 Å². The van der Waals surface area contributed by atoms with Gasteiger partial charge in [0.2, 0.25) is 0 Å². The van der Waals surface area contributed by atoms with Crippen LogP contribution in [0.3, 0.4) is 0 Å². The average Bonchev–Trinajstić information content (AvgIpc) is 2.38. The van der Waals surface area contributed by atoms with Crippen LogP contribution in [0, 0.1) is 0 Å². The molecule has 108 valence electrons. The van der Waals surface area contributed by atoms with Gasteiger partial charge < -0.3 is 10.4 Å². The number of nitrogens with one attached hydrogen (secondary N) is 1. The number of halogens is 3. The standard InChI is InChI=1S/C13H18Cl2N2O.ClH/c14-10-1-2-11(12(15)9-10)13(3-8-18)17-6-4-16-5-7-17;/h1-2,9,13,16,18H,3-8H2;1H/t13-;/m1./s1. The zero-order valence-electron chi connectivity index (χ0n) is 10.6. The fourth-order valence-corrected chi connectivity index (χ4v) is 2.96. The van der Waals surface area contributed by atoms with E-state index in [0.29, 0.717) is 16.5 Å². The van der Waals surface area contributed by atoms with Crippen molar-refractivity contribution in [1.82, 2.24) is 10.2 Å². The van der Waals surface area contributed by atoms with E-state index in [1.165, 1.54) is 0 Å². The molecule has 0 amide bonds. The van der Waals surface area contributed by atoms with Crippen molar-refractivity contribution in [3.63, 3.8) is 0 Å². The molecule has 1 aromatic rings. The minimum atomic E-state index is 0. The van der Waals surface area contributed by atoms with Crippen molar-refractivity contribution in [2.75, 3.05) is 32.8 Å². The van der Waals surface area contributed by atoms with E-state index in [9.17, 15) is 5.11 Å². The third-order valence-electron chi connectivity index (χ3n) is 3.32. The highest BCUT2D eigenvalue weighted by Crippen LogP contribution is 2.32. The third-order valence-corrected chi connectivity index (χ3v) is 3.88. The summed E-state index contributed by atoms with van der Waals surface area (Å²) >= 11 is 12.2. The maximum absolute atomic E-state index is 9.26. The van der Waals surface area contributed by atoms with Crippen molar-refractivity contribution in [2.24, 2.45) is 0 Å². The Hall–Kier alpha value is -0.0300. The molecule has 0 spiro atoms. The highest BCUT2D eigenvalue weighted by Gasteiger charge is 2.23. The molecule has 1 aromatic carbocycles. The molecule has 1 atom stereocenters. The molecule has 2 rings (SSSR count). The second-order valence-electron chi connectivity index (χ2n) is 4.48. The first-order valence-electron chi connectivity index (χ1n) is 6.23. The van der Waals surface area contributed by atoms with E-state index in [2.05, 4.69) is 10.2 Å². The van der Waals surface area contributed by atoms with Gasteiger partial charge in [-0.3, -0.25) is 4.90 Å². The van der Waals surface area contributed by atoms with Crippen molar-refractivity contribution in [3.05, 3.63) is 33.8 Å². The summed E-state index contributed by atoms with van der Waals surface area (Å²) in [6, 6.07) is 5.76. The van der Waals surface area contributed by atoms with Gasteiger partial charge in [0.15, 0.2) is 0 Å². The molecule has 1 saturated heterocycles. The number of hydrogen-bond donors (Lipinski definition) is 2. The zero-order valence-corrected chi connectivity index (χ0v) is 12.9. The third kappa shape index (κ3) is 4.48. The number of benzene rings is 1. The van der Waals surface area contributed by atoms with Gasteiger partial charge in [0, 0.05) is 48.9 Å².